The van der Waals surface area contributed by atoms with Crippen LogP contribution in [0.4, 0.5) is 0 Å². The number of nitrogens with zero attached hydrogens (tertiary/aromatic N) is 2. The summed E-state index contributed by atoms with van der Waals surface area (Å²) in [7, 11) is 1.25. The van der Waals surface area contributed by atoms with E-state index in [0.717, 1.165) is 15.3 Å². The van der Waals surface area contributed by atoms with Crippen molar-refractivity contribution in [3.63, 3.8) is 0 Å². The molecule has 0 atom stereocenters. The molecule has 1 rings (SSSR count). The monoisotopic (exact) mass is 268 g/mol. The second kappa shape index (κ2) is 4.83. The summed E-state index contributed by atoms with van der Waals surface area (Å²) in [5.74, 6) is -1.54. The fourth-order valence-corrected chi connectivity index (χ4v) is 1.57. The Morgan fingerprint density at radius 2 is 1.84 bits per heavy atom. The Balaban J connectivity index is 3.47. The molecule has 0 saturated carbocycles. The molecular weight excluding hydrogens is 252 g/mol. The van der Waals surface area contributed by atoms with E-state index in [1.807, 2.05) is 0 Å². The standard InChI is InChI=1S/C12H16N2O5/c1-7(15)8-5-14(6-12(2,3)10(17)18)11(19)13(4)9(8)16/h5H,6H2,1-4H3,(H,17,18). The number of Topliss-reactive ketones (excluding diaryl/α,β-unsaturated/α-hetero) is 1. The van der Waals surface area contributed by atoms with E-state index >= 15 is 0 Å². The quantitative estimate of drug-likeness (QED) is 0.766. The van der Waals surface area contributed by atoms with Crippen molar-refractivity contribution in [2.45, 2.75) is 27.3 Å². The van der Waals surface area contributed by atoms with Crippen molar-refractivity contribution in [1.29, 1.82) is 0 Å². The van der Waals surface area contributed by atoms with Crippen LogP contribution in [-0.2, 0) is 18.4 Å². The molecule has 0 fully saturated rings. The Hall–Kier alpha value is -2.18. The van der Waals surface area contributed by atoms with Crippen LogP contribution in [0, 0.1) is 5.41 Å². The Kier molecular flexibility index (Phi) is 3.78. The van der Waals surface area contributed by atoms with Gasteiger partial charge in [0.05, 0.1) is 11.0 Å². The third kappa shape index (κ3) is 2.81. The summed E-state index contributed by atoms with van der Waals surface area (Å²) < 4.78 is 1.88. The van der Waals surface area contributed by atoms with Gasteiger partial charge in [0.1, 0.15) is 0 Å². The SMILES string of the molecule is CC(=O)c1cn(CC(C)(C)C(=O)O)c(=O)n(C)c1=O. The average molecular weight is 268 g/mol. The number of carbonyl (C=O) groups is 2. The summed E-state index contributed by atoms with van der Waals surface area (Å²) in [4.78, 5) is 46.0. The van der Waals surface area contributed by atoms with Crippen LogP contribution in [0.2, 0.25) is 0 Å². The minimum Gasteiger partial charge on any atom is -0.481 e. The molecule has 7 heteroatoms. The number of aromatic nitrogens is 2. The molecular formula is C12H16N2O5. The summed E-state index contributed by atoms with van der Waals surface area (Å²) in [5.41, 5.74) is -2.65. The molecule has 0 amide bonds. The van der Waals surface area contributed by atoms with Crippen molar-refractivity contribution < 1.29 is 14.7 Å². The van der Waals surface area contributed by atoms with E-state index in [0.29, 0.717) is 0 Å². The number of hydrogen-bond donors (Lipinski definition) is 1. The Morgan fingerprint density at radius 1 is 1.32 bits per heavy atom. The van der Waals surface area contributed by atoms with Crippen LogP contribution in [0.25, 0.3) is 0 Å². The first-order valence-electron chi connectivity index (χ1n) is 5.62. The van der Waals surface area contributed by atoms with Crippen LogP contribution in [0.5, 0.6) is 0 Å². The Bertz CT molecular complexity index is 651. The van der Waals surface area contributed by atoms with Crippen LogP contribution in [0.1, 0.15) is 31.1 Å². The van der Waals surface area contributed by atoms with E-state index in [-0.39, 0.29) is 12.1 Å². The minimum atomic E-state index is -1.19. The van der Waals surface area contributed by atoms with Gasteiger partial charge in [0.2, 0.25) is 0 Å². The maximum absolute atomic E-state index is 11.9. The van der Waals surface area contributed by atoms with E-state index < -0.39 is 28.4 Å². The lowest BCUT2D eigenvalue weighted by molar-refractivity contribution is -0.147. The van der Waals surface area contributed by atoms with Crippen molar-refractivity contribution in [1.82, 2.24) is 9.13 Å². The molecule has 0 saturated heterocycles. The summed E-state index contributed by atoms with van der Waals surface area (Å²) in [6.07, 6.45) is 1.12. The molecule has 1 aromatic rings. The predicted molar refractivity (Wildman–Crippen MR) is 67.4 cm³/mol. The van der Waals surface area contributed by atoms with Gasteiger partial charge >= 0.3 is 11.7 Å². The molecule has 0 aromatic carbocycles. The van der Waals surface area contributed by atoms with E-state index in [2.05, 4.69) is 0 Å². The highest BCUT2D eigenvalue weighted by Crippen LogP contribution is 2.17. The molecule has 0 radical (unpaired) electrons. The van der Waals surface area contributed by atoms with Crippen molar-refractivity contribution in [2.75, 3.05) is 0 Å². The first kappa shape index (κ1) is 14.9. The van der Waals surface area contributed by atoms with Gasteiger partial charge in [0, 0.05) is 19.8 Å². The van der Waals surface area contributed by atoms with Gasteiger partial charge in [-0.15, -0.1) is 0 Å². The molecule has 1 aromatic heterocycles. The summed E-state index contributed by atoms with van der Waals surface area (Å²) in [5, 5.41) is 9.04. The molecule has 0 bridgehead atoms. The number of aliphatic carboxylic acids is 1. The molecule has 7 nitrogen and oxygen atoms in total. The molecule has 0 aliphatic heterocycles. The van der Waals surface area contributed by atoms with Crippen LogP contribution in [-0.4, -0.2) is 26.0 Å². The predicted octanol–water partition coefficient (Wildman–Crippen LogP) is -0.140. The van der Waals surface area contributed by atoms with Crippen molar-refractivity contribution in [2.24, 2.45) is 12.5 Å². The van der Waals surface area contributed by atoms with Crippen LogP contribution in [0.3, 0.4) is 0 Å². The molecule has 0 unspecified atom stereocenters. The highest BCUT2D eigenvalue weighted by atomic mass is 16.4. The Labute approximate surface area is 109 Å². The topological polar surface area (TPSA) is 98.4 Å². The van der Waals surface area contributed by atoms with Gasteiger partial charge in [-0.1, -0.05) is 0 Å². The first-order valence-corrected chi connectivity index (χ1v) is 5.62. The molecule has 0 aliphatic rings. The summed E-state index contributed by atoms with van der Waals surface area (Å²) >= 11 is 0. The van der Waals surface area contributed by atoms with Crippen molar-refractivity contribution in [3.05, 3.63) is 32.6 Å². The number of carboxylic acids is 1. The van der Waals surface area contributed by atoms with E-state index in [1.165, 1.54) is 27.8 Å². The van der Waals surface area contributed by atoms with Gasteiger partial charge in [-0.2, -0.15) is 0 Å². The van der Waals surface area contributed by atoms with Crippen LogP contribution >= 0.6 is 0 Å². The highest BCUT2D eigenvalue weighted by molar-refractivity contribution is 5.93. The van der Waals surface area contributed by atoms with Gasteiger partial charge in [-0.3, -0.25) is 23.5 Å². The fourth-order valence-electron chi connectivity index (χ4n) is 1.57. The summed E-state index contributed by atoms with van der Waals surface area (Å²) in [6.45, 7) is 4.00. The molecule has 0 spiro atoms. The first-order chi connectivity index (χ1) is 8.58. The van der Waals surface area contributed by atoms with Gasteiger partial charge in [0.15, 0.2) is 5.78 Å². The lowest BCUT2D eigenvalue weighted by Gasteiger charge is -2.20. The van der Waals surface area contributed by atoms with Crippen LogP contribution < -0.4 is 11.2 Å². The molecule has 1 heterocycles. The van der Waals surface area contributed by atoms with Gasteiger partial charge in [-0.25, -0.2) is 4.79 Å². The van der Waals surface area contributed by atoms with Gasteiger partial charge in [-0.05, 0) is 20.8 Å². The minimum absolute atomic E-state index is 0.129. The smallest absolute Gasteiger partial charge is 0.330 e. The van der Waals surface area contributed by atoms with Gasteiger partial charge in [0.25, 0.3) is 5.56 Å². The molecule has 19 heavy (non-hydrogen) atoms. The van der Waals surface area contributed by atoms with Crippen molar-refractivity contribution >= 4 is 11.8 Å². The largest absolute Gasteiger partial charge is 0.481 e. The maximum atomic E-state index is 11.9. The normalized spacial score (nSPS) is 11.4. The van der Waals surface area contributed by atoms with Crippen LogP contribution in [0.15, 0.2) is 15.8 Å². The lowest BCUT2D eigenvalue weighted by Crippen LogP contribution is -2.43. The summed E-state index contributed by atoms with van der Waals surface area (Å²) in [6, 6.07) is 0. The van der Waals surface area contributed by atoms with E-state index in [1.54, 1.807) is 0 Å². The zero-order chi connectivity index (χ0) is 15.0. The molecule has 104 valence electrons. The second-order valence-electron chi connectivity index (χ2n) is 5.06. The maximum Gasteiger partial charge on any atom is 0.330 e. The molecule has 1 N–H and O–H groups in total. The van der Waals surface area contributed by atoms with Gasteiger partial charge < -0.3 is 5.11 Å². The lowest BCUT2D eigenvalue weighted by atomic mass is 9.94. The third-order valence-electron chi connectivity index (χ3n) is 2.88. The second-order valence-corrected chi connectivity index (χ2v) is 5.06. The number of carbonyl (C=O) groups excluding carboxylic acids is 1. The Morgan fingerprint density at radius 3 is 2.26 bits per heavy atom. The number of carboxylic acid groups (broad SMARTS) is 1. The average Bonchev–Trinajstić information content (AvgIpc) is 2.29. The highest BCUT2D eigenvalue weighted by Gasteiger charge is 2.28. The van der Waals surface area contributed by atoms with Crippen molar-refractivity contribution in [3.8, 4) is 0 Å². The number of rotatable bonds is 4. The zero-order valence-electron chi connectivity index (χ0n) is 11.3. The van der Waals surface area contributed by atoms with E-state index in [9.17, 15) is 19.2 Å². The van der Waals surface area contributed by atoms with E-state index in [4.69, 9.17) is 5.11 Å². The zero-order valence-corrected chi connectivity index (χ0v) is 11.3. The third-order valence-corrected chi connectivity index (χ3v) is 2.88. The number of ketones is 1. The fraction of sp³-hybridized carbons (Fsp3) is 0.500. The molecule has 0 aliphatic carbocycles. The number of hydrogen-bond acceptors (Lipinski definition) is 4.